The summed E-state index contributed by atoms with van der Waals surface area (Å²) in [6.07, 6.45) is -1.17. The number of nitrogens with zero attached hydrogens (tertiary/aromatic N) is 1. The first-order valence-electron chi connectivity index (χ1n) is 10.0. The molecule has 0 bridgehead atoms. The minimum Gasteiger partial charge on any atom is -0.496 e. The van der Waals surface area contributed by atoms with Crippen LogP contribution in [-0.2, 0) is 20.8 Å². The summed E-state index contributed by atoms with van der Waals surface area (Å²) in [7, 11) is 1.75. The van der Waals surface area contributed by atoms with Crippen LogP contribution in [0.15, 0.2) is 24.3 Å². The molecule has 1 atom stereocenters. The number of piperidine rings is 1. The van der Waals surface area contributed by atoms with Crippen molar-refractivity contribution >= 4 is 5.97 Å². The van der Waals surface area contributed by atoms with Gasteiger partial charge in [-0.3, -0.25) is 4.90 Å². The van der Waals surface area contributed by atoms with E-state index in [0.29, 0.717) is 11.5 Å². The molecule has 1 N–H and O–H groups in total. The van der Waals surface area contributed by atoms with Crippen LogP contribution < -0.4 is 4.74 Å². The molecule has 1 spiro atoms. The molecule has 2 saturated heterocycles. The van der Waals surface area contributed by atoms with Gasteiger partial charge in [0.1, 0.15) is 5.75 Å². The predicted octanol–water partition coefficient (Wildman–Crippen LogP) is 3.74. The fourth-order valence-electron chi connectivity index (χ4n) is 3.86. The number of benzene rings is 1. The van der Waals surface area contributed by atoms with E-state index in [9.17, 15) is 13.2 Å². The van der Waals surface area contributed by atoms with E-state index >= 15 is 0 Å². The van der Waals surface area contributed by atoms with Crippen LogP contribution >= 0.6 is 0 Å². The third-order valence-corrected chi connectivity index (χ3v) is 5.54. The van der Waals surface area contributed by atoms with Crippen LogP contribution in [0.4, 0.5) is 13.2 Å². The average Bonchev–Trinajstić information content (AvgIpc) is 3.11. The van der Waals surface area contributed by atoms with E-state index in [1.807, 2.05) is 19.1 Å². The number of likely N-dealkylation sites (tertiary alicyclic amines) is 1. The molecular weight excluding hydrogens is 403 g/mol. The van der Waals surface area contributed by atoms with Gasteiger partial charge in [-0.15, -0.1) is 0 Å². The van der Waals surface area contributed by atoms with Crippen LogP contribution in [0.2, 0.25) is 0 Å². The van der Waals surface area contributed by atoms with E-state index in [2.05, 4.69) is 17.0 Å². The van der Waals surface area contributed by atoms with E-state index in [4.69, 9.17) is 24.1 Å². The minimum atomic E-state index is -5.08. The Hall–Kier alpha value is -1.84. The van der Waals surface area contributed by atoms with Crippen LogP contribution in [0, 0.1) is 5.41 Å². The molecule has 1 aromatic carbocycles. The second-order valence-electron chi connectivity index (χ2n) is 7.69. The molecule has 6 nitrogen and oxygen atoms in total. The van der Waals surface area contributed by atoms with Gasteiger partial charge >= 0.3 is 12.1 Å². The molecule has 170 valence electrons. The number of methoxy groups -OCH3 is 1. The molecule has 9 heteroatoms. The Morgan fingerprint density at radius 3 is 2.50 bits per heavy atom. The maximum absolute atomic E-state index is 10.6. The van der Waals surface area contributed by atoms with Gasteiger partial charge in [0, 0.05) is 18.7 Å². The summed E-state index contributed by atoms with van der Waals surface area (Å²) in [5, 5.41) is 7.12. The van der Waals surface area contributed by atoms with Crippen molar-refractivity contribution in [1.82, 2.24) is 4.90 Å². The fourth-order valence-corrected chi connectivity index (χ4v) is 3.86. The summed E-state index contributed by atoms with van der Waals surface area (Å²) in [6.45, 7) is 7.74. The van der Waals surface area contributed by atoms with Gasteiger partial charge in [0.2, 0.25) is 0 Å². The van der Waals surface area contributed by atoms with Crippen LogP contribution in [0.5, 0.6) is 5.75 Å². The van der Waals surface area contributed by atoms with E-state index < -0.39 is 12.1 Å². The number of hydrogen-bond acceptors (Lipinski definition) is 5. The van der Waals surface area contributed by atoms with Gasteiger partial charge < -0.3 is 19.3 Å². The number of carbonyl (C=O) groups is 1. The van der Waals surface area contributed by atoms with E-state index in [-0.39, 0.29) is 0 Å². The van der Waals surface area contributed by atoms with Crippen LogP contribution in [0.1, 0.15) is 31.7 Å². The van der Waals surface area contributed by atoms with E-state index in [1.165, 1.54) is 18.4 Å². The number of alkyl halides is 3. The zero-order valence-electron chi connectivity index (χ0n) is 17.4. The third-order valence-electron chi connectivity index (χ3n) is 5.54. The quantitative estimate of drug-likeness (QED) is 0.737. The highest BCUT2D eigenvalue weighted by atomic mass is 19.4. The molecule has 0 aromatic heterocycles. The summed E-state index contributed by atoms with van der Waals surface area (Å²) in [6, 6.07) is 8.33. The number of carboxylic acids is 1. The average molecular weight is 433 g/mol. The summed E-state index contributed by atoms with van der Waals surface area (Å²) in [5.74, 6) is -1.76. The molecule has 0 amide bonds. The van der Waals surface area contributed by atoms with Crippen molar-refractivity contribution in [2.24, 2.45) is 5.41 Å². The number of hydrogen-bond donors (Lipinski definition) is 1. The molecule has 2 heterocycles. The lowest BCUT2D eigenvalue weighted by Gasteiger charge is -2.38. The summed E-state index contributed by atoms with van der Waals surface area (Å²) in [4.78, 5) is 11.4. The topological polar surface area (TPSA) is 68.2 Å². The Balaban J connectivity index is 0.000000396. The standard InChI is InChI=1S/C19H29NO3.C2HF3O2/c1-3-22-14-17-12-19(15-23-17)8-10-20(11-9-19)13-16-6-4-5-7-18(16)21-2;3-2(4,5)1(6)7/h4-7,17H,3,8-15H2,1-2H3;(H,6,7). The highest BCUT2D eigenvalue weighted by Crippen LogP contribution is 2.42. The first-order chi connectivity index (χ1) is 14.2. The Bertz CT molecular complexity index is 675. The highest BCUT2D eigenvalue weighted by Gasteiger charge is 2.42. The Morgan fingerprint density at radius 1 is 1.30 bits per heavy atom. The fraction of sp³-hybridized carbons (Fsp3) is 0.667. The number of aliphatic carboxylic acids is 1. The normalized spacial score (nSPS) is 21.2. The minimum absolute atomic E-state index is 0.302. The lowest BCUT2D eigenvalue weighted by molar-refractivity contribution is -0.192. The zero-order chi connectivity index (χ0) is 22.2. The van der Waals surface area contributed by atoms with Crippen molar-refractivity contribution in [1.29, 1.82) is 0 Å². The van der Waals surface area contributed by atoms with Gasteiger partial charge in [0.05, 0.1) is 26.4 Å². The number of rotatable bonds is 6. The van der Waals surface area contributed by atoms with Crippen molar-refractivity contribution < 1.29 is 37.3 Å². The predicted molar refractivity (Wildman–Crippen MR) is 104 cm³/mol. The van der Waals surface area contributed by atoms with Crippen molar-refractivity contribution in [3.05, 3.63) is 29.8 Å². The highest BCUT2D eigenvalue weighted by molar-refractivity contribution is 5.73. The van der Waals surface area contributed by atoms with Gasteiger partial charge in [-0.2, -0.15) is 13.2 Å². The Labute approximate surface area is 174 Å². The smallest absolute Gasteiger partial charge is 0.490 e. The van der Waals surface area contributed by atoms with Crippen molar-refractivity contribution in [3.63, 3.8) is 0 Å². The van der Waals surface area contributed by atoms with Crippen LogP contribution in [0.3, 0.4) is 0 Å². The third kappa shape index (κ3) is 7.14. The zero-order valence-corrected chi connectivity index (χ0v) is 17.4. The lowest BCUT2D eigenvalue weighted by Crippen LogP contribution is -2.40. The Morgan fingerprint density at radius 2 is 1.93 bits per heavy atom. The maximum Gasteiger partial charge on any atom is 0.490 e. The van der Waals surface area contributed by atoms with Crippen molar-refractivity contribution in [2.45, 2.75) is 45.0 Å². The number of halogens is 3. The van der Waals surface area contributed by atoms with Gasteiger partial charge in [-0.1, -0.05) is 18.2 Å². The van der Waals surface area contributed by atoms with Gasteiger partial charge in [0.15, 0.2) is 0 Å². The summed E-state index contributed by atoms with van der Waals surface area (Å²) in [5.41, 5.74) is 1.67. The van der Waals surface area contributed by atoms with Crippen LogP contribution in [-0.4, -0.2) is 68.3 Å². The molecule has 0 saturated carbocycles. The second-order valence-corrected chi connectivity index (χ2v) is 7.69. The summed E-state index contributed by atoms with van der Waals surface area (Å²) < 4.78 is 48.7. The molecule has 30 heavy (non-hydrogen) atoms. The molecule has 1 unspecified atom stereocenters. The molecule has 1 aromatic rings. The van der Waals surface area contributed by atoms with E-state index in [1.54, 1.807) is 7.11 Å². The van der Waals surface area contributed by atoms with Crippen LogP contribution in [0.25, 0.3) is 0 Å². The molecule has 0 aliphatic carbocycles. The molecule has 2 aliphatic heterocycles. The number of ether oxygens (including phenoxy) is 3. The van der Waals surface area contributed by atoms with E-state index in [0.717, 1.165) is 51.6 Å². The largest absolute Gasteiger partial charge is 0.496 e. The van der Waals surface area contributed by atoms with Gasteiger partial charge in [-0.25, -0.2) is 4.79 Å². The summed E-state index contributed by atoms with van der Waals surface area (Å²) >= 11 is 0. The SMILES string of the molecule is CCOCC1CC2(CCN(Cc3ccccc3OC)CC2)CO1.O=C(O)C(F)(F)F. The molecule has 3 rings (SSSR count). The van der Waals surface area contributed by atoms with Gasteiger partial charge in [-0.05, 0) is 50.8 Å². The first kappa shape index (κ1) is 24.4. The number of carboxylic acid groups (broad SMARTS) is 1. The second kappa shape index (κ2) is 11.0. The monoisotopic (exact) mass is 433 g/mol. The number of para-hydroxylation sites is 1. The molecule has 2 fully saturated rings. The van der Waals surface area contributed by atoms with Crippen molar-refractivity contribution in [3.8, 4) is 5.75 Å². The van der Waals surface area contributed by atoms with Crippen molar-refractivity contribution in [2.75, 3.05) is 40.0 Å². The molecule has 2 aliphatic rings. The molecule has 0 radical (unpaired) electrons. The first-order valence-corrected chi connectivity index (χ1v) is 10.0. The maximum atomic E-state index is 10.6. The lowest BCUT2D eigenvalue weighted by atomic mass is 9.76. The Kier molecular flexibility index (Phi) is 8.93. The molecular formula is C21H30F3NO5. The van der Waals surface area contributed by atoms with Gasteiger partial charge in [0.25, 0.3) is 0 Å².